The number of nitrogens with zero attached hydrogens (tertiary/aromatic N) is 2. The molecule has 2 rings (SSSR count). The summed E-state index contributed by atoms with van der Waals surface area (Å²) in [6, 6.07) is 0.501. The summed E-state index contributed by atoms with van der Waals surface area (Å²) in [7, 11) is 4.50. The Morgan fingerprint density at radius 1 is 1.45 bits per heavy atom. The quantitative estimate of drug-likeness (QED) is 0.873. The first kappa shape index (κ1) is 15.9. The molecule has 1 atom stereocenters. The maximum absolute atomic E-state index is 4.50. The lowest BCUT2D eigenvalue weighted by Crippen LogP contribution is -2.61. The second kappa shape index (κ2) is 7.01. The van der Waals surface area contributed by atoms with Gasteiger partial charge in [-0.1, -0.05) is 13.8 Å². The van der Waals surface area contributed by atoms with Crippen molar-refractivity contribution in [1.82, 2.24) is 15.2 Å². The van der Waals surface area contributed by atoms with E-state index in [9.17, 15) is 0 Å². The second-order valence-electron chi connectivity index (χ2n) is 6.42. The third-order valence-electron chi connectivity index (χ3n) is 4.99. The van der Waals surface area contributed by atoms with Crippen LogP contribution < -0.4 is 5.32 Å². The SMILES string of the molecule is CCNC(Cc1nccs1)C1(N(C)C)CCC(C)CC1. The predicted octanol–water partition coefficient (Wildman–Crippen LogP) is 3.17. The number of hydrogen-bond donors (Lipinski definition) is 1. The Morgan fingerprint density at radius 3 is 2.65 bits per heavy atom. The highest BCUT2D eigenvalue weighted by Gasteiger charge is 2.42. The maximum Gasteiger partial charge on any atom is 0.0941 e. The van der Waals surface area contributed by atoms with Crippen LogP contribution in [0.3, 0.4) is 0 Å². The van der Waals surface area contributed by atoms with E-state index in [0.29, 0.717) is 6.04 Å². The molecule has 0 bridgehead atoms. The standard InChI is InChI=1S/C16H29N3S/c1-5-17-14(12-15-18-10-11-20-15)16(19(3)4)8-6-13(2)7-9-16/h10-11,13-14,17H,5-9,12H2,1-4H3. The maximum atomic E-state index is 4.50. The van der Waals surface area contributed by atoms with E-state index in [0.717, 1.165) is 18.9 Å². The summed E-state index contributed by atoms with van der Waals surface area (Å²) in [5.74, 6) is 0.880. The summed E-state index contributed by atoms with van der Waals surface area (Å²) >= 11 is 1.78. The van der Waals surface area contributed by atoms with Gasteiger partial charge in [0.25, 0.3) is 0 Å². The molecule has 0 radical (unpaired) electrons. The van der Waals surface area contributed by atoms with Crippen LogP contribution in [0.2, 0.25) is 0 Å². The highest BCUT2D eigenvalue weighted by Crippen LogP contribution is 2.38. The molecule has 1 N–H and O–H groups in total. The first-order valence-corrected chi connectivity index (χ1v) is 8.75. The largest absolute Gasteiger partial charge is 0.312 e. The van der Waals surface area contributed by atoms with Crippen LogP contribution in [-0.4, -0.2) is 42.1 Å². The van der Waals surface area contributed by atoms with Crippen LogP contribution >= 0.6 is 11.3 Å². The molecule has 0 saturated heterocycles. The van der Waals surface area contributed by atoms with Crippen molar-refractivity contribution in [2.45, 2.75) is 57.5 Å². The van der Waals surface area contributed by atoms with Gasteiger partial charge in [-0.05, 0) is 52.2 Å². The van der Waals surface area contributed by atoms with Crippen LogP contribution in [0.1, 0.15) is 44.5 Å². The van der Waals surface area contributed by atoms with Crippen molar-refractivity contribution in [2.24, 2.45) is 5.92 Å². The molecule has 1 aromatic heterocycles. The number of thiazole rings is 1. The Morgan fingerprint density at radius 2 is 2.15 bits per heavy atom. The predicted molar refractivity (Wildman–Crippen MR) is 87.3 cm³/mol. The van der Waals surface area contributed by atoms with Gasteiger partial charge in [0.2, 0.25) is 0 Å². The lowest BCUT2D eigenvalue weighted by molar-refractivity contribution is 0.0440. The van der Waals surface area contributed by atoms with Crippen molar-refractivity contribution in [3.8, 4) is 0 Å². The normalized spacial score (nSPS) is 28.8. The molecule has 0 spiro atoms. The molecule has 4 heteroatoms. The molecule has 1 fully saturated rings. The minimum atomic E-state index is 0.286. The average molecular weight is 295 g/mol. The molecule has 1 aliphatic carbocycles. The third kappa shape index (κ3) is 3.41. The van der Waals surface area contributed by atoms with Crippen molar-refractivity contribution in [1.29, 1.82) is 0 Å². The summed E-state index contributed by atoms with van der Waals surface area (Å²) in [6.45, 7) is 5.63. The molecule has 1 aliphatic rings. The molecule has 0 aliphatic heterocycles. The third-order valence-corrected chi connectivity index (χ3v) is 5.79. The molecular weight excluding hydrogens is 266 g/mol. The van der Waals surface area contributed by atoms with E-state index in [4.69, 9.17) is 0 Å². The monoisotopic (exact) mass is 295 g/mol. The highest BCUT2D eigenvalue weighted by molar-refractivity contribution is 7.09. The minimum Gasteiger partial charge on any atom is -0.312 e. The van der Waals surface area contributed by atoms with Crippen LogP contribution in [0, 0.1) is 5.92 Å². The fraction of sp³-hybridized carbons (Fsp3) is 0.812. The number of nitrogens with one attached hydrogen (secondary N) is 1. The molecule has 114 valence electrons. The molecule has 1 aromatic rings. The van der Waals surface area contributed by atoms with E-state index >= 15 is 0 Å². The zero-order valence-electron chi connectivity index (χ0n) is 13.4. The number of rotatable bonds is 6. The molecule has 1 saturated carbocycles. The van der Waals surface area contributed by atoms with Crippen molar-refractivity contribution < 1.29 is 0 Å². The van der Waals surface area contributed by atoms with Gasteiger partial charge >= 0.3 is 0 Å². The topological polar surface area (TPSA) is 28.2 Å². The lowest BCUT2D eigenvalue weighted by Gasteiger charge is -2.50. The molecule has 1 heterocycles. The van der Waals surface area contributed by atoms with E-state index < -0.39 is 0 Å². The smallest absolute Gasteiger partial charge is 0.0941 e. The fourth-order valence-corrected chi connectivity index (χ4v) is 4.26. The van der Waals surface area contributed by atoms with Crippen LogP contribution in [-0.2, 0) is 6.42 Å². The van der Waals surface area contributed by atoms with Crippen molar-refractivity contribution >= 4 is 11.3 Å². The van der Waals surface area contributed by atoms with E-state index in [1.165, 1.54) is 30.7 Å². The molecule has 20 heavy (non-hydrogen) atoms. The molecule has 0 aromatic carbocycles. The van der Waals surface area contributed by atoms with Crippen LogP contribution in [0.25, 0.3) is 0 Å². The highest BCUT2D eigenvalue weighted by atomic mass is 32.1. The van der Waals surface area contributed by atoms with E-state index in [2.05, 4.69) is 48.5 Å². The van der Waals surface area contributed by atoms with Crippen molar-refractivity contribution in [3.05, 3.63) is 16.6 Å². The second-order valence-corrected chi connectivity index (χ2v) is 7.40. The Kier molecular flexibility index (Phi) is 5.58. The van der Waals surface area contributed by atoms with Crippen LogP contribution in [0.5, 0.6) is 0 Å². The van der Waals surface area contributed by atoms with E-state index in [1.807, 2.05) is 6.20 Å². The first-order valence-electron chi connectivity index (χ1n) is 7.87. The summed E-state index contributed by atoms with van der Waals surface area (Å²) < 4.78 is 0. The zero-order valence-corrected chi connectivity index (χ0v) is 14.2. The first-order chi connectivity index (χ1) is 9.58. The summed E-state index contributed by atoms with van der Waals surface area (Å²) in [6.07, 6.45) is 8.26. The summed E-state index contributed by atoms with van der Waals surface area (Å²) in [5, 5.41) is 7.10. The minimum absolute atomic E-state index is 0.286. The summed E-state index contributed by atoms with van der Waals surface area (Å²) in [4.78, 5) is 6.97. The fourth-order valence-electron chi connectivity index (χ4n) is 3.60. The molecular formula is C16H29N3S. The van der Waals surface area contributed by atoms with Crippen molar-refractivity contribution in [2.75, 3.05) is 20.6 Å². The summed E-state index contributed by atoms with van der Waals surface area (Å²) in [5.41, 5.74) is 0.286. The average Bonchev–Trinajstić information content (AvgIpc) is 2.92. The van der Waals surface area contributed by atoms with Gasteiger partial charge in [-0.25, -0.2) is 4.98 Å². The number of aromatic nitrogens is 1. The number of hydrogen-bond acceptors (Lipinski definition) is 4. The van der Waals surface area contributed by atoms with Gasteiger partial charge in [-0.3, -0.25) is 0 Å². The van der Waals surface area contributed by atoms with Gasteiger partial charge in [0.1, 0.15) is 0 Å². The van der Waals surface area contributed by atoms with Gasteiger partial charge in [0, 0.05) is 29.6 Å². The number of likely N-dealkylation sites (N-methyl/N-ethyl adjacent to an activating group) is 2. The molecule has 3 nitrogen and oxygen atoms in total. The van der Waals surface area contributed by atoms with Crippen LogP contribution in [0.15, 0.2) is 11.6 Å². The lowest BCUT2D eigenvalue weighted by atomic mass is 9.71. The van der Waals surface area contributed by atoms with Crippen molar-refractivity contribution in [3.63, 3.8) is 0 Å². The van der Waals surface area contributed by atoms with Gasteiger partial charge in [0.05, 0.1) is 5.01 Å². The van der Waals surface area contributed by atoms with Crippen LogP contribution in [0.4, 0.5) is 0 Å². The molecule has 0 amide bonds. The van der Waals surface area contributed by atoms with E-state index in [-0.39, 0.29) is 5.54 Å². The van der Waals surface area contributed by atoms with E-state index in [1.54, 1.807) is 11.3 Å². The molecule has 1 unspecified atom stereocenters. The van der Waals surface area contributed by atoms with Gasteiger partial charge in [0.15, 0.2) is 0 Å². The van der Waals surface area contributed by atoms with Gasteiger partial charge < -0.3 is 10.2 Å². The van der Waals surface area contributed by atoms with Gasteiger partial charge in [-0.2, -0.15) is 0 Å². The Balaban J connectivity index is 2.18. The Hall–Kier alpha value is -0.450. The Bertz CT molecular complexity index is 380. The Labute approximate surface area is 127 Å². The zero-order chi connectivity index (χ0) is 14.6. The van der Waals surface area contributed by atoms with Gasteiger partial charge in [-0.15, -0.1) is 11.3 Å².